The molecule has 1 aliphatic carbocycles. The van der Waals surface area contributed by atoms with Crippen LogP contribution in [0.2, 0.25) is 5.02 Å². The SMILES string of the molecule is CC1CCCCC1NC(=O)c1cc(Cl)ccc1F. The molecule has 1 aromatic rings. The number of hydrogen-bond acceptors (Lipinski definition) is 1. The molecule has 2 unspecified atom stereocenters. The minimum absolute atomic E-state index is 0.0280. The first-order chi connectivity index (χ1) is 8.58. The molecule has 1 aliphatic rings. The van der Waals surface area contributed by atoms with Crippen LogP contribution in [0.5, 0.6) is 0 Å². The quantitative estimate of drug-likeness (QED) is 0.870. The highest BCUT2D eigenvalue weighted by Crippen LogP contribution is 2.24. The van der Waals surface area contributed by atoms with E-state index in [1.165, 1.54) is 24.6 Å². The second-order valence-corrected chi connectivity index (χ2v) is 5.40. The first-order valence-corrected chi connectivity index (χ1v) is 6.71. The van der Waals surface area contributed by atoms with Gasteiger partial charge in [0.25, 0.3) is 5.91 Å². The summed E-state index contributed by atoms with van der Waals surface area (Å²) in [5.41, 5.74) is 0.0280. The van der Waals surface area contributed by atoms with Crippen LogP contribution in [0.1, 0.15) is 43.0 Å². The zero-order valence-electron chi connectivity index (χ0n) is 10.4. The second-order valence-electron chi connectivity index (χ2n) is 4.97. The van der Waals surface area contributed by atoms with Gasteiger partial charge in [0, 0.05) is 11.1 Å². The zero-order valence-corrected chi connectivity index (χ0v) is 11.1. The lowest BCUT2D eigenvalue weighted by molar-refractivity contribution is 0.0906. The Kier molecular flexibility index (Phi) is 4.23. The normalized spacial score (nSPS) is 23.7. The van der Waals surface area contributed by atoms with Crippen molar-refractivity contribution in [3.63, 3.8) is 0 Å². The number of nitrogens with one attached hydrogen (secondary N) is 1. The third-order valence-electron chi connectivity index (χ3n) is 3.60. The van der Waals surface area contributed by atoms with E-state index in [2.05, 4.69) is 12.2 Å². The second kappa shape index (κ2) is 5.70. The van der Waals surface area contributed by atoms with Crippen molar-refractivity contribution < 1.29 is 9.18 Å². The van der Waals surface area contributed by atoms with Crippen molar-refractivity contribution in [3.8, 4) is 0 Å². The molecule has 1 amide bonds. The molecule has 0 aliphatic heterocycles. The predicted octanol–water partition coefficient (Wildman–Crippen LogP) is 3.79. The summed E-state index contributed by atoms with van der Waals surface area (Å²) >= 11 is 5.79. The van der Waals surface area contributed by atoms with Gasteiger partial charge in [-0.3, -0.25) is 4.79 Å². The summed E-state index contributed by atoms with van der Waals surface area (Å²) < 4.78 is 13.6. The molecule has 0 saturated heterocycles. The Balaban J connectivity index is 2.09. The smallest absolute Gasteiger partial charge is 0.254 e. The molecular weight excluding hydrogens is 253 g/mol. The van der Waals surface area contributed by atoms with Crippen molar-refractivity contribution in [3.05, 3.63) is 34.6 Å². The Morgan fingerprint density at radius 1 is 1.39 bits per heavy atom. The van der Waals surface area contributed by atoms with Crippen LogP contribution in [-0.2, 0) is 0 Å². The number of carbonyl (C=O) groups excluding carboxylic acids is 1. The molecule has 0 spiro atoms. The number of hydrogen-bond donors (Lipinski definition) is 1. The van der Waals surface area contributed by atoms with Gasteiger partial charge in [0.15, 0.2) is 0 Å². The molecule has 0 heterocycles. The lowest BCUT2D eigenvalue weighted by atomic mass is 9.86. The number of rotatable bonds is 2. The average molecular weight is 270 g/mol. The maximum Gasteiger partial charge on any atom is 0.254 e. The molecule has 0 aromatic heterocycles. The van der Waals surface area contributed by atoms with E-state index in [1.807, 2.05) is 0 Å². The molecule has 2 rings (SSSR count). The maximum atomic E-state index is 13.6. The molecule has 0 radical (unpaired) electrons. The fraction of sp³-hybridized carbons (Fsp3) is 0.500. The molecule has 2 atom stereocenters. The highest BCUT2D eigenvalue weighted by atomic mass is 35.5. The minimum atomic E-state index is -0.527. The van der Waals surface area contributed by atoms with E-state index in [4.69, 9.17) is 11.6 Å². The van der Waals surface area contributed by atoms with Crippen LogP contribution in [-0.4, -0.2) is 11.9 Å². The molecule has 1 aromatic carbocycles. The summed E-state index contributed by atoms with van der Waals surface area (Å²) in [6.07, 6.45) is 4.41. The summed E-state index contributed by atoms with van der Waals surface area (Å²) in [5, 5.41) is 3.29. The van der Waals surface area contributed by atoms with Crippen molar-refractivity contribution in [2.45, 2.75) is 38.6 Å². The maximum absolute atomic E-state index is 13.6. The molecule has 98 valence electrons. The summed E-state index contributed by atoms with van der Waals surface area (Å²) in [7, 11) is 0. The Morgan fingerprint density at radius 3 is 2.83 bits per heavy atom. The van der Waals surface area contributed by atoms with Crippen LogP contribution in [0, 0.1) is 11.7 Å². The topological polar surface area (TPSA) is 29.1 Å². The molecule has 0 bridgehead atoms. The third kappa shape index (κ3) is 3.02. The van der Waals surface area contributed by atoms with Gasteiger partial charge in [-0.1, -0.05) is 31.4 Å². The van der Waals surface area contributed by atoms with Gasteiger partial charge in [0.1, 0.15) is 5.82 Å². The van der Waals surface area contributed by atoms with Crippen LogP contribution in [0.25, 0.3) is 0 Å². The van der Waals surface area contributed by atoms with Gasteiger partial charge in [-0.25, -0.2) is 4.39 Å². The third-order valence-corrected chi connectivity index (χ3v) is 3.84. The van der Waals surface area contributed by atoms with Crippen molar-refractivity contribution >= 4 is 17.5 Å². The van der Waals surface area contributed by atoms with Gasteiger partial charge < -0.3 is 5.32 Å². The van der Waals surface area contributed by atoms with Crippen LogP contribution in [0.3, 0.4) is 0 Å². The van der Waals surface area contributed by atoms with Gasteiger partial charge in [0.2, 0.25) is 0 Å². The highest BCUT2D eigenvalue weighted by molar-refractivity contribution is 6.31. The Hall–Kier alpha value is -1.09. The van der Waals surface area contributed by atoms with Crippen LogP contribution < -0.4 is 5.32 Å². The van der Waals surface area contributed by atoms with E-state index in [1.54, 1.807) is 0 Å². The highest BCUT2D eigenvalue weighted by Gasteiger charge is 2.24. The van der Waals surface area contributed by atoms with E-state index in [-0.39, 0.29) is 17.5 Å². The van der Waals surface area contributed by atoms with E-state index in [9.17, 15) is 9.18 Å². The van der Waals surface area contributed by atoms with Gasteiger partial charge in [-0.15, -0.1) is 0 Å². The Bertz CT molecular complexity index is 449. The monoisotopic (exact) mass is 269 g/mol. The van der Waals surface area contributed by atoms with E-state index in [0.717, 1.165) is 19.3 Å². The summed E-state index contributed by atoms with van der Waals surface area (Å²) in [6, 6.07) is 4.18. The zero-order chi connectivity index (χ0) is 13.1. The Labute approximate surface area is 112 Å². The number of carbonyl (C=O) groups is 1. The lowest BCUT2D eigenvalue weighted by Gasteiger charge is -2.29. The molecule has 1 N–H and O–H groups in total. The largest absolute Gasteiger partial charge is 0.349 e. The van der Waals surface area contributed by atoms with E-state index < -0.39 is 5.82 Å². The van der Waals surface area contributed by atoms with Crippen molar-refractivity contribution in [1.82, 2.24) is 5.32 Å². The summed E-state index contributed by atoms with van der Waals surface area (Å²) in [5.74, 6) is -0.445. The Morgan fingerprint density at radius 2 is 2.11 bits per heavy atom. The first kappa shape index (κ1) is 13.3. The molecule has 2 nitrogen and oxygen atoms in total. The predicted molar refractivity (Wildman–Crippen MR) is 70.3 cm³/mol. The molecule has 1 saturated carbocycles. The van der Waals surface area contributed by atoms with Crippen LogP contribution in [0.4, 0.5) is 4.39 Å². The molecule has 18 heavy (non-hydrogen) atoms. The fourth-order valence-corrected chi connectivity index (χ4v) is 2.62. The minimum Gasteiger partial charge on any atom is -0.349 e. The van der Waals surface area contributed by atoms with Gasteiger partial charge >= 0.3 is 0 Å². The van der Waals surface area contributed by atoms with Crippen LogP contribution in [0.15, 0.2) is 18.2 Å². The van der Waals surface area contributed by atoms with Gasteiger partial charge in [-0.2, -0.15) is 0 Å². The first-order valence-electron chi connectivity index (χ1n) is 6.34. The standard InChI is InChI=1S/C14H17ClFNO/c1-9-4-2-3-5-13(9)17-14(18)11-8-10(15)6-7-12(11)16/h6-9,13H,2-5H2,1H3,(H,17,18). The fourth-order valence-electron chi connectivity index (χ4n) is 2.45. The number of halogens is 2. The average Bonchev–Trinajstić information content (AvgIpc) is 2.35. The lowest BCUT2D eigenvalue weighted by Crippen LogP contribution is -2.41. The number of benzene rings is 1. The number of amides is 1. The van der Waals surface area contributed by atoms with E-state index in [0.29, 0.717) is 10.9 Å². The van der Waals surface area contributed by atoms with Crippen molar-refractivity contribution in [1.29, 1.82) is 0 Å². The van der Waals surface area contributed by atoms with Crippen molar-refractivity contribution in [2.75, 3.05) is 0 Å². The summed E-state index contributed by atoms with van der Waals surface area (Å²) in [6.45, 7) is 2.12. The van der Waals surface area contributed by atoms with Crippen LogP contribution >= 0.6 is 11.6 Å². The molecule has 4 heteroatoms. The van der Waals surface area contributed by atoms with Crippen molar-refractivity contribution in [2.24, 2.45) is 5.92 Å². The summed E-state index contributed by atoms with van der Waals surface area (Å²) in [4.78, 5) is 12.0. The van der Waals surface area contributed by atoms with Gasteiger partial charge in [0.05, 0.1) is 5.56 Å². The molecular formula is C14H17ClFNO. The molecule has 1 fully saturated rings. The van der Waals surface area contributed by atoms with Gasteiger partial charge in [-0.05, 0) is 37.0 Å². The van der Waals surface area contributed by atoms with E-state index >= 15 is 0 Å².